The maximum Gasteiger partial charge on any atom is 0.264 e. The number of anilines is 1. The Bertz CT molecular complexity index is 1310. The van der Waals surface area contributed by atoms with Crippen LogP contribution in [0.15, 0.2) is 65.6 Å². The highest BCUT2D eigenvalue weighted by Gasteiger charge is 2.34. The van der Waals surface area contributed by atoms with Crippen molar-refractivity contribution in [3.63, 3.8) is 0 Å². The van der Waals surface area contributed by atoms with Crippen LogP contribution in [0.4, 0.5) is 10.1 Å². The number of methoxy groups -OCH3 is 3. The molecule has 1 heterocycles. The van der Waals surface area contributed by atoms with Gasteiger partial charge in [0.05, 0.1) is 31.9 Å². The molecule has 0 atom stereocenters. The fraction of sp³-hybridized carbons (Fsp3) is 0.333. The molecule has 0 saturated carbocycles. The first-order chi connectivity index (χ1) is 17.8. The van der Waals surface area contributed by atoms with E-state index in [9.17, 15) is 12.8 Å². The number of rotatable bonds is 9. The van der Waals surface area contributed by atoms with E-state index in [0.717, 1.165) is 5.56 Å². The predicted octanol–water partition coefficient (Wildman–Crippen LogP) is 5.36. The van der Waals surface area contributed by atoms with Crippen molar-refractivity contribution >= 4 is 27.3 Å². The molecule has 0 aromatic heterocycles. The van der Waals surface area contributed by atoms with Crippen LogP contribution in [0, 0.1) is 5.82 Å². The van der Waals surface area contributed by atoms with Crippen LogP contribution in [-0.4, -0.2) is 53.8 Å². The second-order valence-electron chi connectivity index (χ2n) is 8.73. The lowest BCUT2D eigenvalue weighted by molar-refractivity contribution is 0.203. The summed E-state index contributed by atoms with van der Waals surface area (Å²) in [5, 5.41) is 0.450. The normalized spacial score (nSPS) is 14.8. The van der Waals surface area contributed by atoms with Gasteiger partial charge in [-0.3, -0.25) is 9.21 Å². The highest BCUT2D eigenvalue weighted by molar-refractivity contribution is 7.92. The Morgan fingerprint density at radius 2 is 1.51 bits per heavy atom. The van der Waals surface area contributed by atoms with Crippen molar-refractivity contribution in [3.8, 4) is 17.2 Å². The van der Waals surface area contributed by atoms with E-state index < -0.39 is 15.8 Å². The van der Waals surface area contributed by atoms with Crippen LogP contribution in [-0.2, 0) is 16.6 Å². The van der Waals surface area contributed by atoms with E-state index in [1.807, 2.05) is 12.1 Å². The molecule has 1 saturated heterocycles. The van der Waals surface area contributed by atoms with Crippen LogP contribution in [0.1, 0.15) is 18.4 Å². The number of sulfonamides is 1. The molecule has 3 aromatic rings. The maximum absolute atomic E-state index is 13.7. The average Bonchev–Trinajstić information content (AvgIpc) is 2.90. The third kappa shape index (κ3) is 5.79. The number of hydrogen-bond donors (Lipinski definition) is 0. The summed E-state index contributed by atoms with van der Waals surface area (Å²) >= 11 is 5.99. The highest BCUT2D eigenvalue weighted by Crippen LogP contribution is 2.40. The van der Waals surface area contributed by atoms with Gasteiger partial charge in [-0.2, -0.15) is 0 Å². The van der Waals surface area contributed by atoms with Crippen molar-refractivity contribution in [2.75, 3.05) is 38.7 Å². The van der Waals surface area contributed by atoms with E-state index in [0.29, 0.717) is 60.4 Å². The maximum atomic E-state index is 13.7. The van der Waals surface area contributed by atoms with Crippen LogP contribution in [0.2, 0.25) is 5.02 Å². The third-order valence-electron chi connectivity index (χ3n) is 6.52. The van der Waals surface area contributed by atoms with Crippen molar-refractivity contribution in [1.82, 2.24) is 4.90 Å². The van der Waals surface area contributed by atoms with Gasteiger partial charge >= 0.3 is 0 Å². The number of piperidine rings is 1. The van der Waals surface area contributed by atoms with Crippen LogP contribution in [0.5, 0.6) is 17.2 Å². The summed E-state index contributed by atoms with van der Waals surface area (Å²) in [7, 11) is 0.835. The summed E-state index contributed by atoms with van der Waals surface area (Å²) in [5.41, 5.74) is 1.37. The van der Waals surface area contributed by atoms with Gasteiger partial charge in [-0.05, 0) is 67.4 Å². The van der Waals surface area contributed by atoms with Crippen molar-refractivity contribution in [2.45, 2.75) is 30.3 Å². The molecule has 3 aromatic carbocycles. The molecule has 0 N–H and O–H groups in total. The van der Waals surface area contributed by atoms with Crippen LogP contribution < -0.4 is 18.5 Å². The topological polar surface area (TPSA) is 68.3 Å². The van der Waals surface area contributed by atoms with Crippen molar-refractivity contribution in [2.24, 2.45) is 0 Å². The zero-order valence-electron chi connectivity index (χ0n) is 21.0. The molecule has 0 aliphatic carbocycles. The standard InChI is InChI=1S/C27H30ClFN2O5S/c1-34-25-13-4-19(26(35-2)27(25)36-3)18-30-16-14-23(15-17-30)31(22-9-7-21(29)8-10-22)37(32,33)24-11-5-20(28)6-12-24/h4-13,23H,14-18H2,1-3H3. The van der Waals surface area contributed by atoms with E-state index in [1.54, 1.807) is 33.5 Å². The number of benzene rings is 3. The molecule has 1 fully saturated rings. The third-order valence-corrected chi connectivity index (χ3v) is 8.67. The first-order valence-corrected chi connectivity index (χ1v) is 13.7. The van der Waals surface area contributed by atoms with Crippen LogP contribution in [0.25, 0.3) is 0 Å². The molecule has 0 unspecified atom stereocenters. The molecule has 198 valence electrons. The number of likely N-dealkylation sites (tertiary alicyclic amines) is 1. The monoisotopic (exact) mass is 548 g/mol. The zero-order chi connectivity index (χ0) is 26.6. The minimum atomic E-state index is -3.90. The zero-order valence-corrected chi connectivity index (χ0v) is 22.6. The van der Waals surface area contributed by atoms with Gasteiger partial charge in [0.25, 0.3) is 10.0 Å². The molecular weight excluding hydrogens is 519 g/mol. The summed E-state index contributed by atoms with van der Waals surface area (Å²) in [4.78, 5) is 2.39. The lowest BCUT2D eigenvalue weighted by atomic mass is 10.0. The van der Waals surface area contributed by atoms with Gasteiger partial charge in [0.2, 0.25) is 5.75 Å². The molecule has 0 amide bonds. The Labute approximate surface area is 222 Å². The Morgan fingerprint density at radius 1 is 0.892 bits per heavy atom. The molecule has 0 spiro atoms. The lowest BCUT2D eigenvalue weighted by Gasteiger charge is -2.39. The Balaban J connectivity index is 1.57. The molecule has 0 radical (unpaired) electrons. The Kier molecular flexibility index (Phi) is 8.46. The van der Waals surface area contributed by atoms with Crippen LogP contribution in [0.3, 0.4) is 0 Å². The second kappa shape index (κ2) is 11.6. The van der Waals surface area contributed by atoms with E-state index in [4.69, 9.17) is 25.8 Å². The SMILES string of the molecule is COc1ccc(CN2CCC(N(c3ccc(F)cc3)S(=O)(=O)c3ccc(Cl)cc3)CC2)c(OC)c1OC. The largest absolute Gasteiger partial charge is 0.493 e. The lowest BCUT2D eigenvalue weighted by Crippen LogP contribution is -2.47. The van der Waals surface area contributed by atoms with Crippen LogP contribution >= 0.6 is 11.6 Å². The van der Waals surface area contributed by atoms with E-state index >= 15 is 0 Å². The fourth-order valence-corrected chi connectivity index (χ4v) is 6.53. The van der Waals surface area contributed by atoms with Gasteiger partial charge in [-0.25, -0.2) is 12.8 Å². The average molecular weight is 549 g/mol. The second-order valence-corrected chi connectivity index (χ2v) is 11.0. The highest BCUT2D eigenvalue weighted by atomic mass is 35.5. The summed E-state index contributed by atoms with van der Waals surface area (Å²) in [6, 6.07) is 15.1. The first-order valence-electron chi connectivity index (χ1n) is 11.8. The predicted molar refractivity (Wildman–Crippen MR) is 142 cm³/mol. The molecule has 1 aliphatic rings. The molecule has 0 bridgehead atoms. The Morgan fingerprint density at radius 3 is 2.08 bits per heavy atom. The molecular formula is C27H30ClFN2O5S. The Hall–Kier alpha value is -3.01. The van der Waals surface area contributed by atoms with Gasteiger partial charge in [0.1, 0.15) is 5.82 Å². The summed E-state index contributed by atoms with van der Waals surface area (Å²) in [6.45, 7) is 1.93. The number of hydrogen-bond acceptors (Lipinski definition) is 6. The first kappa shape index (κ1) is 27.0. The van der Waals surface area contributed by atoms with Gasteiger partial charge in [-0.1, -0.05) is 17.7 Å². The van der Waals surface area contributed by atoms with Crippen molar-refractivity contribution in [1.29, 1.82) is 0 Å². The molecule has 4 rings (SSSR count). The quantitative estimate of drug-likeness (QED) is 0.358. The van der Waals surface area contributed by atoms with E-state index in [-0.39, 0.29) is 10.9 Å². The van der Waals surface area contributed by atoms with Gasteiger partial charge < -0.3 is 14.2 Å². The van der Waals surface area contributed by atoms with Gasteiger partial charge in [-0.15, -0.1) is 0 Å². The van der Waals surface area contributed by atoms with E-state index in [1.165, 1.54) is 40.7 Å². The van der Waals surface area contributed by atoms with Crippen molar-refractivity contribution < 1.29 is 27.0 Å². The molecule has 10 heteroatoms. The molecule has 37 heavy (non-hydrogen) atoms. The summed E-state index contributed by atoms with van der Waals surface area (Å²) in [5.74, 6) is 1.31. The molecule has 1 aliphatic heterocycles. The fourth-order valence-electron chi connectivity index (χ4n) is 4.69. The molecule has 7 nitrogen and oxygen atoms in total. The minimum Gasteiger partial charge on any atom is -0.493 e. The number of ether oxygens (including phenoxy) is 3. The van der Waals surface area contributed by atoms with E-state index in [2.05, 4.69) is 4.90 Å². The number of halogens is 2. The minimum absolute atomic E-state index is 0.138. The number of nitrogens with zero attached hydrogens (tertiary/aromatic N) is 2. The smallest absolute Gasteiger partial charge is 0.264 e. The summed E-state index contributed by atoms with van der Waals surface area (Å²) in [6.07, 6.45) is 1.19. The van der Waals surface area contributed by atoms with Gasteiger partial charge in [0, 0.05) is 36.3 Å². The van der Waals surface area contributed by atoms with Crippen molar-refractivity contribution in [3.05, 3.63) is 77.1 Å². The summed E-state index contributed by atoms with van der Waals surface area (Å²) < 4.78 is 59.1. The van der Waals surface area contributed by atoms with Gasteiger partial charge in [0.15, 0.2) is 11.5 Å².